The van der Waals surface area contributed by atoms with Gasteiger partial charge in [0, 0.05) is 102 Å². The van der Waals surface area contributed by atoms with Gasteiger partial charge in [-0.05, 0) is 111 Å². The zero-order valence-electron chi connectivity index (χ0n) is 43.7. The normalized spacial score (nSPS) is 24.1. The number of likely N-dealkylation sites (N-methyl/N-ethyl adjacent to an activating group) is 2. The van der Waals surface area contributed by atoms with Gasteiger partial charge in [-0.15, -0.1) is 0 Å². The Bertz CT molecular complexity index is 3340. The van der Waals surface area contributed by atoms with E-state index in [9.17, 15) is 30.2 Å². The van der Waals surface area contributed by atoms with Crippen LogP contribution in [0.2, 0.25) is 0 Å². The number of carboxylic acids is 1. The van der Waals surface area contributed by atoms with Crippen LogP contribution in [0.15, 0.2) is 53.6 Å². The van der Waals surface area contributed by atoms with Crippen LogP contribution in [-0.4, -0.2) is 147 Å². The van der Waals surface area contributed by atoms with Crippen molar-refractivity contribution in [3.05, 3.63) is 110 Å². The predicted molar refractivity (Wildman–Crippen MR) is 284 cm³/mol. The van der Waals surface area contributed by atoms with Crippen LogP contribution in [0.5, 0.6) is 6.01 Å². The summed E-state index contributed by atoms with van der Waals surface area (Å²) in [6.45, 7) is 11.1. The number of aromatic nitrogens is 3. The minimum absolute atomic E-state index is 0.0320. The third-order valence-electron chi connectivity index (χ3n) is 17.6. The highest BCUT2D eigenvalue weighted by Gasteiger charge is 2.50. The number of carbonyl (C=O) groups excluding carboxylic acids is 1. The molecule has 7 aliphatic rings. The quantitative estimate of drug-likeness (QED) is 0.103. The van der Waals surface area contributed by atoms with Crippen molar-refractivity contribution in [1.82, 2.24) is 35.0 Å². The van der Waals surface area contributed by atoms with Crippen molar-refractivity contribution in [2.45, 2.75) is 115 Å². The molecule has 0 saturated carbocycles. The fraction of sp³-hybridized carbons (Fsp3) is 0.483. The molecule has 6 aliphatic heterocycles. The third-order valence-corrected chi connectivity index (χ3v) is 17.6. The molecule has 18 heteroatoms. The van der Waals surface area contributed by atoms with Gasteiger partial charge in [0.05, 0.1) is 48.2 Å². The molecule has 1 unspecified atom stereocenters. The lowest BCUT2D eigenvalue weighted by atomic mass is 9.79. The van der Waals surface area contributed by atoms with Crippen LogP contribution in [0.25, 0.3) is 27.4 Å². The number of halogens is 1. The number of hydrogen-bond acceptors (Lipinski definition) is 16. The van der Waals surface area contributed by atoms with Crippen LogP contribution in [0, 0.1) is 24.1 Å². The molecule has 2 aromatic heterocycles. The SMILES string of the molecule is CCN(CC(=O)O)[C@H]1CCc2c(Cc3ccc(C)c4c(N5CCc6c(nc(OC[C@@H]7CCCN7C)nc6N6CCN[C@@H](CC#N)C6)C5)cccc34)c(F)cc3nc4c(c1c23)CN1C4=CC2=C(COC(=O)[C@]2(O)CC)C1O. The van der Waals surface area contributed by atoms with Crippen LogP contribution < -0.4 is 19.9 Å². The summed E-state index contributed by atoms with van der Waals surface area (Å²) >= 11 is 0. The van der Waals surface area contributed by atoms with Crippen molar-refractivity contribution in [1.29, 1.82) is 5.26 Å². The molecule has 4 N–H and O–H groups in total. The highest BCUT2D eigenvalue weighted by molar-refractivity contribution is 6.00. The van der Waals surface area contributed by atoms with Crippen molar-refractivity contribution >= 4 is 50.8 Å². The number of nitrogens with one attached hydrogen (secondary N) is 1. The van der Waals surface area contributed by atoms with Gasteiger partial charge in [0.25, 0.3) is 0 Å². The number of pyridine rings is 1. The average Bonchev–Trinajstić information content (AvgIpc) is 4.19. The minimum Gasteiger partial charge on any atom is -0.480 e. The van der Waals surface area contributed by atoms with E-state index in [4.69, 9.17) is 24.4 Å². The number of likely N-dealkylation sites (tertiary alicyclic amines) is 1. The molecule has 1 aliphatic carbocycles. The number of aryl methyl sites for hydroxylation is 2. The number of fused-ring (bicyclic) bond motifs is 6. The lowest BCUT2D eigenvalue weighted by Crippen LogP contribution is -2.51. The summed E-state index contributed by atoms with van der Waals surface area (Å²) in [4.78, 5) is 51.5. The molecule has 3 aromatic carbocycles. The van der Waals surface area contributed by atoms with Gasteiger partial charge in [-0.25, -0.2) is 14.2 Å². The van der Waals surface area contributed by atoms with E-state index >= 15 is 4.39 Å². The van der Waals surface area contributed by atoms with E-state index in [2.05, 4.69) is 70.4 Å². The molecule has 8 heterocycles. The third kappa shape index (κ3) is 8.33. The Balaban J connectivity index is 0.924. The van der Waals surface area contributed by atoms with E-state index in [1.165, 1.54) is 6.07 Å². The molecule has 5 aromatic rings. The number of nitriles is 1. The Morgan fingerprint density at radius 1 is 1.05 bits per heavy atom. The number of anilines is 2. The summed E-state index contributed by atoms with van der Waals surface area (Å²) in [7, 11) is 2.14. The van der Waals surface area contributed by atoms with Gasteiger partial charge in [0.15, 0.2) is 11.8 Å². The lowest BCUT2D eigenvalue weighted by molar-refractivity contribution is -0.164. The zero-order valence-corrected chi connectivity index (χ0v) is 43.7. The largest absolute Gasteiger partial charge is 0.480 e. The number of esters is 1. The van der Waals surface area contributed by atoms with Crippen LogP contribution in [0.3, 0.4) is 0 Å². The molecule has 12 rings (SSSR count). The smallest absolute Gasteiger partial charge is 0.343 e. The molecule has 17 nitrogen and oxygen atoms in total. The van der Waals surface area contributed by atoms with Crippen LogP contribution in [-0.2, 0) is 46.7 Å². The van der Waals surface area contributed by atoms with Crippen LogP contribution in [0.1, 0.15) is 102 Å². The molecule has 2 saturated heterocycles. The van der Waals surface area contributed by atoms with E-state index in [1.807, 2.05) is 11.8 Å². The Morgan fingerprint density at radius 3 is 2.68 bits per heavy atom. The Hall–Kier alpha value is -6.75. The summed E-state index contributed by atoms with van der Waals surface area (Å²) < 4.78 is 29.2. The number of rotatable bonds is 13. The number of piperazine rings is 1. The number of aliphatic carboxylic acids is 1. The van der Waals surface area contributed by atoms with E-state index < -0.39 is 23.8 Å². The average molecular weight is 1030 g/mol. The first-order chi connectivity index (χ1) is 36.8. The summed E-state index contributed by atoms with van der Waals surface area (Å²) in [5.74, 6) is -1.23. The number of ether oxygens (including phenoxy) is 2. The molecule has 0 spiro atoms. The highest BCUT2D eigenvalue weighted by Crippen LogP contribution is 2.51. The van der Waals surface area contributed by atoms with E-state index in [0.29, 0.717) is 92.0 Å². The Morgan fingerprint density at radius 2 is 1.91 bits per heavy atom. The summed E-state index contributed by atoms with van der Waals surface area (Å²) in [5, 5.41) is 49.7. The van der Waals surface area contributed by atoms with Crippen molar-refractivity contribution < 1.29 is 38.8 Å². The van der Waals surface area contributed by atoms with Gasteiger partial charge in [-0.2, -0.15) is 15.2 Å². The van der Waals surface area contributed by atoms with Gasteiger partial charge in [-0.1, -0.05) is 38.1 Å². The Kier molecular flexibility index (Phi) is 13.0. The maximum Gasteiger partial charge on any atom is 0.343 e. The summed E-state index contributed by atoms with van der Waals surface area (Å²) in [5.41, 5.74) is 8.42. The second kappa shape index (κ2) is 19.7. The van der Waals surface area contributed by atoms with E-state index in [-0.39, 0.29) is 49.6 Å². The number of carboxylic acid groups (broad SMARTS) is 1. The van der Waals surface area contributed by atoms with Gasteiger partial charge < -0.3 is 49.7 Å². The number of hydrogen-bond donors (Lipinski definition) is 4. The maximum absolute atomic E-state index is 17.3. The summed E-state index contributed by atoms with van der Waals surface area (Å²) in [6.07, 6.45) is 5.18. The van der Waals surface area contributed by atoms with Gasteiger partial charge >= 0.3 is 17.9 Å². The number of aliphatic hydroxyl groups excluding tert-OH is 1. The van der Waals surface area contributed by atoms with Crippen molar-refractivity contribution in [3.63, 3.8) is 0 Å². The maximum atomic E-state index is 17.3. The van der Waals surface area contributed by atoms with Gasteiger partial charge in [0.2, 0.25) is 0 Å². The molecule has 0 amide bonds. The standard InChI is InChI=1S/C58H65FN10O7/c1-5-58(74)42-24-48-53-40(27-69(48)55(72)41(42)31-75-56(58)73)52-47(66(6-2)29-49(70)71)15-14-37-39(43(59)25-44(62-53)51(37)52)23-33-13-12-32(3)50-36(33)10-7-11-46(50)67-21-17-38-45(28-67)63-57(76-30-35-9-8-20-65(35)4)64-54(38)68-22-19-61-34(26-68)16-18-60/h7,10-13,24-25,34-35,47,55,61,72,74H,5-6,8-9,14-17,19-23,26-31H2,1-4H3,(H,70,71)/t34-,35-,47-,55?,58-/m0/s1. The number of carbonyl (C=O) groups is 2. The molecule has 0 radical (unpaired) electrons. The molecule has 5 atom stereocenters. The number of aliphatic hydroxyl groups is 2. The number of nitrogens with zero attached hydrogens (tertiary/aromatic N) is 9. The fourth-order valence-corrected chi connectivity index (χ4v) is 13.5. The number of benzene rings is 3. The van der Waals surface area contributed by atoms with Crippen molar-refractivity contribution in [2.24, 2.45) is 0 Å². The molecule has 396 valence electrons. The monoisotopic (exact) mass is 1030 g/mol. The first kappa shape index (κ1) is 50.1. The van der Waals surface area contributed by atoms with E-state index in [0.717, 1.165) is 112 Å². The second-order valence-corrected chi connectivity index (χ2v) is 21.7. The Labute approximate surface area is 441 Å². The molecule has 0 bridgehead atoms. The first-order valence-electron chi connectivity index (χ1n) is 27.0. The lowest BCUT2D eigenvalue weighted by Gasteiger charge is -2.40. The van der Waals surface area contributed by atoms with Gasteiger partial charge in [-0.3, -0.25) is 9.69 Å². The predicted octanol–water partition coefficient (Wildman–Crippen LogP) is 5.82. The second-order valence-electron chi connectivity index (χ2n) is 21.7. The van der Waals surface area contributed by atoms with Crippen LogP contribution in [0.4, 0.5) is 15.9 Å². The molecule has 76 heavy (non-hydrogen) atoms. The molecular formula is C58H65FN10O7. The molecular weight excluding hydrogens is 968 g/mol. The molecule has 2 fully saturated rings. The highest BCUT2D eigenvalue weighted by atomic mass is 19.1. The zero-order chi connectivity index (χ0) is 52.7. The fourth-order valence-electron chi connectivity index (χ4n) is 13.5. The van der Waals surface area contributed by atoms with Crippen molar-refractivity contribution in [3.8, 4) is 12.1 Å². The topological polar surface area (TPSA) is 204 Å². The van der Waals surface area contributed by atoms with Crippen LogP contribution >= 0.6 is 0 Å². The minimum atomic E-state index is -1.96. The summed E-state index contributed by atoms with van der Waals surface area (Å²) in [6, 6.07) is 14.8. The van der Waals surface area contributed by atoms with E-state index in [1.54, 1.807) is 17.9 Å². The van der Waals surface area contributed by atoms with Crippen molar-refractivity contribution in [2.75, 3.05) is 75.9 Å². The van der Waals surface area contributed by atoms with Gasteiger partial charge in [0.1, 0.15) is 24.8 Å². The number of cyclic esters (lactones) is 1. The first-order valence-corrected chi connectivity index (χ1v) is 27.0.